The van der Waals surface area contributed by atoms with Crippen molar-refractivity contribution in [2.45, 2.75) is 6.42 Å². The fourth-order valence-corrected chi connectivity index (χ4v) is 1.20. The molecule has 0 fully saturated rings. The van der Waals surface area contributed by atoms with Crippen LogP contribution in [0.25, 0.3) is 0 Å². The molecule has 46 valence electrons. The van der Waals surface area contributed by atoms with E-state index in [1.54, 1.807) is 0 Å². The third-order valence-electron chi connectivity index (χ3n) is 0.891. The van der Waals surface area contributed by atoms with Gasteiger partial charge in [-0.05, 0) is 17.3 Å². The van der Waals surface area contributed by atoms with Gasteiger partial charge in [0.25, 0.3) is 0 Å². The first-order chi connectivity index (χ1) is 3.84. The monoisotopic (exact) mass is 149 g/mol. The topological polar surface area (TPSA) is 36.0 Å². The van der Waals surface area contributed by atoms with Gasteiger partial charge < -0.3 is 9.48 Å². The van der Waals surface area contributed by atoms with Crippen LogP contribution >= 0.6 is 24.2 Å². The Morgan fingerprint density at radius 1 is 1.75 bits per heavy atom. The van der Waals surface area contributed by atoms with Crippen LogP contribution in [0, 0.1) is 0 Å². The number of aromatic nitrogens is 1. The van der Waals surface area contributed by atoms with E-state index in [9.17, 15) is 0 Å². The van der Waals surface area contributed by atoms with Crippen LogP contribution < -0.4 is 0 Å². The molecule has 1 aromatic heterocycles. The maximum absolute atomic E-state index is 8.78. The summed E-state index contributed by atoms with van der Waals surface area (Å²) in [7, 11) is 0. The van der Waals surface area contributed by atoms with Crippen LogP contribution in [0.1, 0.15) is 5.69 Å². The first kappa shape index (κ1) is 6.04. The number of aryl methyl sites for hydroxylation is 1. The van der Waals surface area contributed by atoms with Crippen molar-refractivity contribution in [3.8, 4) is 5.06 Å². The Bertz CT molecular complexity index is 158. The van der Waals surface area contributed by atoms with Crippen molar-refractivity contribution in [3.05, 3.63) is 5.69 Å². The Hall–Kier alpha value is -0.0900. The molecule has 0 aliphatic rings. The van der Waals surface area contributed by atoms with Crippen LogP contribution in [-0.4, -0.2) is 15.2 Å². The van der Waals surface area contributed by atoms with Gasteiger partial charge in [0.05, 0.1) is 5.69 Å². The Labute approximate surface area is 57.1 Å². The number of hydrogen-bond acceptors (Lipinski definition) is 3. The first-order valence-corrected chi connectivity index (χ1v) is 3.75. The molecule has 0 bridgehead atoms. The van der Waals surface area contributed by atoms with Gasteiger partial charge in [-0.1, -0.05) is 0 Å². The molecule has 0 aromatic carbocycles. The molecule has 8 heavy (non-hydrogen) atoms. The minimum absolute atomic E-state index is 0.416. The summed E-state index contributed by atoms with van der Waals surface area (Å²) >= 11 is 5.25. The van der Waals surface area contributed by atoms with Crippen LogP contribution in [0.3, 0.4) is 0 Å². The van der Waals surface area contributed by atoms with E-state index < -0.39 is 0 Å². The minimum Gasteiger partial charge on any atom is -0.497 e. The van der Waals surface area contributed by atoms with Crippen molar-refractivity contribution in [2.24, 2.45) is 0 Å². The average Bonchev–Trinajstić information content (AvgIpc) is 1.79. The van der Waals surface area contributed by atoms with Gasteiger partial charge in [-0.15, -0.1) is 0 Å². The Morgan fingerprint density at radius 2 is 2.50 bits per heavy atom. The molecule has 0 radical (unpaired) electrons. The lowest BCUT2D eigenvalue weighted by molar-refractivity contribution is 0.477. The smallest absolute Gasteiger partial charge is 0.207 e. The summed E-state index contributed by atoms with van der Waals surface area (Å²) < 4.78 is 2.89. The van der Waals surface area contributed by atoms with E-state index in [2.05, 4.69) is 17.0 Å². The molecule has 0 aliphatic carbocycles. The lowest BCUT2D eigenvalue weighted by Crippen LogP contribution is -1.91. The summed E-state index contributed by atoms with van der Waals surface area (Å²) in [4.78, 5) is 0. The van der Waals surface area contributed by atoms with Crippen LogP contribution in [0.15, 0.2) is 0 Å². The number of thiol groups is 1. The SMILES string of the molecule is Oc1s[nH]c1CCS. The van der Waals surface area contributed by atoms with Crippen LogP contribution in [0.5, 0.6) is 5.06 Å². The van der Waals surface area contributed by atoms with Crippen LogP contribution in [0.4, 0.5) is 0 Å². The van der Waals surface area contributed by atoms with E-state index in [0.29, 0.717) is 5.06 Å². The lowest BCUT2D eigenvalue weighted by atomic mass is 10.4. The molecule has 0 saturated carbocycles. The molecule has 2 nitrogen and oxygen atoms in total. The van der Waals surface area contributed by atoms with E-state index in [4.69, 9.17) is 5.11 Å². The number of rotatable bonds is 2. The highest BCUT2D eigenvalue weighted by Crippen LogP contribution is 2.23. The maximum atomic E-state index is 8.78. The zero-order chi connectivity index (χ0) is 5.98. The van der Waals surface area contributed by atoms with Crippen LogP contribution in [-0.2, 0) is 6.42 Å². The molecule has 0 aliphatic heterocycles. The van der Waals surface area contributed by atoms with Crippen molar-refractivity contribution >= 4 is 24.2 Å². The average molecular weight is 149 g/mol. The second-order valence-electron chi connectivity index (χ2n) is 1.46. The second-order valence-corrected chi connectivity index (χ2v) is 2.70. The van der Waals surface area contributed by atoms with Crippen LogP contribution in [0.2, 0.25) is 0 Å². The van der Waals surface area contributed by atoms with Crippen molar-refractivity contribution < 1.29 is 5.11 Å². The fraction of sp³-hybridized carbons (Fsp3) is 0.500. The molecule has 0 spiro atoms. The zero-order valence-corrected chi connectivity index (χ0v) is 5.93. The number of nitrogens with one attached hydrogen (secondary N) is 1. The molecule has 1 aromatic rings. The molecule has 1 heterocycles. The van der Waals surface area contributed by atoms with Gasteiger partial charge in [-0.3, -0.25) is 0 Å². The van der Waals surface area contributed by atoms with Crippen molar-refractivity contribution in [1.29, 1.82) is 0 Å². The normalized spacial score (nSPS) is 10.1. The molecule has 0 amide bonds. The molecule has 4 heteroatoms. The van der Waals surface area contributed by atoms with Crippen molar-refractivity contribution in [2.75, 3.05) is 5.75 Å². The highest BCUT2D eigenvalue weighted by atomic mass is 32.1. The third kappa shape index (κ3) is 1.00. The van der Waals surface area contributed by atoms with Gasteiger partial charge in [0, 0.05) is 6.42 Å². The van der Waals surface area contributed by atoms with E-state index in [-0.39, 0.29) is 0 Å². The van der Waals surface area contributed by atoms with Gasteiger partial charge >= 0.3 is 0 Å². The Kier molecular flexibility index (Phi) is 1.85. The summed E-state index contributed by atoms with van der Waals surface area (Å²) in [6.45, 7) is 0. The minimum atomic E-state index is 0.416. The standard InChI is InChI=1S/C4H7NOS2/c6-4-3(1-2-7)5-8-4/h5-7H,1-2H2. The van der Waals surface area contributed by atoms with E-state index in [0.717, 1.165) is 17.9 Å². The van der Waals surface area contributed by atoms with Gasteiger partial charge in [0.2, 0.25) is 5.06 Å². The Balaban J connectivity index is 2.44. The second kappa shape index (κ2) is 2.46. The van der Waals surface area contributed by atoms with E-state index >= 15 is 0 Å². The third-order valence-corrected chi connectivity index (χ3v) is 1.90. The predicted molar refractivity (Wildman–Crippen MR) is 37.9 cm³/mol. The molecule has 0 atom stereocenters. The number of aromatic hydroxyl groups is 1. The highest BCUT2D eigenvalue weighted by molar-refractivity contribution is 7.80. The van der Waals surface area contributed by atoms with Crippen molar-refractivity contribution in [3.63, 3.8) is 0 Å². The van der Waals surface area contributed by atoms with E-state index in [1.165, 1.54) is 11.5 Å². The number of aromatic amines is 1. The van der Waals surface area contributed by atoms with E-state index in [1.807, 2.05) is 0 Å². The summed E-state index contributed by atoms with van der Waals surface area (Å²) in [5.41, 5.74) is 0.921. The summed E-state index contributed by atoms with van der Waals surface area (Å²) in [5.74, 6) is 0.785. The van der Waals surface area contributed by atoms with Gasteiger partial charge in [-0.25, -0.2) is 0 Å². The summed E-state index contributed by atoms with van der Waals surface area (Å²) in [5, 5.41) is 9.20. The maximum Gasteiger partial charge on any atom is 0.207 e. The number of H-pyrrole nitrogens is 1. The van der Waals surface area contributed by atoms with Gasteiger partial charge in [0.15, 0.2) is 0 Å². The quantitative estimate of drug-likeness (QED) is 0.544. The van der Waals surface area contributed by atoms with Crippen molar-refractivity contribution in [1.82, 2.24) is 4.37 Å². The number of hydrogen-bond donors (Lipinski definition) is 3. The summed E-state index contributed by atoms with van der Waals surface area (Å²) in [6, 6.07) is 0. The Morgan fingerprint density at radius 3 is 2.62 bits per heavy atom. The lowest BCUT2D eigenvalue weighted by Gasteiger charge is -2.02. The van der Waals surface area contributed by atoms with Gasteiger partial charge in [-0.2, -0.15) is 12.6 Å². The first-order valence-electron chi connectivity index (χ1n) is 2.30. The molecule has 0 unspecified atom stereocenters. The zero-order valence-electron chi connectivity index (χ0n) is 4.22. The van der Waals surface area contributed by atoms with Gasteiger partial charge in [0.1, 0.15) is 0 Å². The molecule has 1 rings (SSSR count). The summed E-state index contributed by atoms with van der Waals surface area (Å²) in [6.07, 6.45) is 0.835. The molecular formula is C4H7NOS2. The molecular weight excluding hydrogens is 142 g/mol. The molecule has 0 saturated heterocycles. The highest BCUT2D eigenvalue weighted by Gasteiger charge is 2.02. The molecule has 2 N–H and O–H groups in total. The fourth-order valence-electron chi connectivity index (χ4n) is 0.439. The predicted octanol–water partition coefficient (Wildman–Crippen LogP) is 1.25. The largest absolute Gasteiger partial charge is 0.497 e.